The van der Waals surface area contributed by atoms with Crippen LogP contribution in [0.4, 0.5) is 0 Å². The van der Waals surface area contributed by atoms with Crippen LogP contribution in [0.3, 0.4) is 0 Å². The lowest BCUT2D eigenvalue weighted by Crippen LogP contribution is -2.57. The molecule has 2 aliphatic rings. The van der Waals surface area contributed by atoms with E-state index < -0.39 is 11.7 Å². The molecule has 4 nitrogen and oxygen atoms in total. The summed E-state index contributed by atoms with van der Waals surface area (Å²) in [4.78, 5) is 15.0. The van der Waals surface area contributed by atoms with Crippen molar-refractivity contribution in [2.45, 2.75) is 37.4 Å². The van der Waals surface area contributed by atoms with E-state index in [9.17, 15) is 15.0 Å². The van der Waals surface area contributed by atoms with Gasteiger partial charge in [0, 0.05) is 13.1 Å². The fourth-order valence-corrected chi connectivity index (χ4v) is 4.18. The van der Waals surface area contributed by atoms with E-state index in [1.165, 1.54) is 0 Å². The second-order valence-corrected chi connectivity index (χ2v) is 7.11. The lowest BCUT2D eigenvalue weighted by Gasteiger charge is -2.42. The number of β-amino-alcohol motifs (C(OH)–C–C–N with tert-alkyl or cyclic N) is 1. The van der Waals surface area contributed by atoms with E-state index >= 15 is 0 Å². The minimum atomic E-state index is -1.08. The van der Waals surface area contributed by atoms with E-state index in [1.54, 1.807) is 4.90 Å². The molecule has 4 heteroatoms. The number of hydrogen-bond donors (Lipinski definition) is 2. The third-order valence-electron chi connectivity index (χ3n) is 5.83. The lowest BCUT2D eigenvalue weighted by molar-refractivity contribution is -0.150. The maximum absolute atomic E-state index is 13.3. The van der Waals surface area contributed by atoms with Gasteiger partial charge in [-0.15, -0.1) is 0 Å². The number of amides is 1. The van der Waals surface area contributed by atoms with Crippen molar-refractivity contribution < 1.29 is 15.0 Å². The molecular weight excluding hydrogens is 314 g/mol. The van der Waals surface area contributed by atoms with E-state index in [4.69, 9.17) is 0 Å². The Morgan fingerprint density at radius 3 is 2.20 bits per heavy atom. The summed E-state index contributed by atoms with van der Waals surface area (Å²) in [6.07, 6.45) is -0.000333. The van der Waals surface area contributed by atoms with Crippen LogP contribution in [0, 0.1) is 0 Å². The molecule has 2 atom stereocenters. The Kier molecular flexibility index (Phi) is 3.89. The Morgan fingerprint density at radius 1 is 1.12 bits per heavy atom. The summed E-state index contributed by atoms with van der Waals surface area (Å²) in [6, 6.07) is 16.1. The average Bonchev–Trinajstić information content (AvgIpc) is 2.98. The molecule has 25 heavy (non-hydrogen) atoms. The highest BCUT2D eigenvalue weighted by Crippen LogP contribution is 2.45. The molecule has 4 rings (SSSR count). The van der Waals surface area contributed by atoms with Gasteiger partial charge < -0.3 is 15.1 Å². The summed E-state index contributed by atoms with van der Waals surface area (Å²) in [7, 11) is 0. The van der Waals surface area contributed by atoms with Crippen LogP contribution < -0.4 is 0 Å². The van der Waals surface area contributed by atoms with Gasteiger partial charge in [-0.1, -0.05) is 55.5 Å². The van der Waals surface area contributed by atoms with Gasteiger partial charge in [0.05, 0.1) is 11.5 Å². The number of fused-ring (bicyclic) bond motifs is 3. The van der Waals surface area contributed by atoms with E-state index in [2.05, 4.69) is 12.1 Å². The van der Waals surface area contributed by atoms with Crippen molar-refractivity contribution in [2.24, 2.45) is 0 Å². The van der Waals surface area contributed by atoms with Crippen LogP contribution in [0.5, 0.6) is 0 Å². The number of aliphatic hydroxyl groups is 2. The molecule has 2 aromatic rings. The number of rotatable bonds is 2. The zero-order chi connectivity index (χ0) is 17.6. The third kappa shape index (κ3) is 2.48. The number of likely N-dealkylation sites (tertiary alicyclic amines) is 1. The van der Waals surface area contributed by atoms with Crippen molar-refractivity contribution in [3.63, 3.8) is 0 Å². The van der Waals surface area contributed by atoms with Gasteiger partial charge in [-0.2, -0.15) is 0 Å². The predicted octanol–water partition coefficient (Wildman–Crippen LogP) is 2.53. The molecule has 0 saturated carbocycles. The Morgan fingerprint density at radius 2 is 1.68 bits per heavy atom. The Labute approximate surface area is 147 Å². The zero-order valence-electron chi connectivity index (χ0n) is 14.4. The molecule has 130 valence electrons. The predicted molar refractivity (Wildman–Crippen MR) is 96.2 cm³/mol. The van der Waals surface area contributed by atoms with Gasteiger partial charge in [-0.05, 0) is 35.1 Å². The fraction of sp³-hybridized carbons (Fsp3) is 0.381. The molecular formula is C21H23NO3. The number of hydrogen-bond acceptors (Lipinski definition) is 3. The monoisotopic (exact) mass is 337 g/mol. The van der Waals surface area contributed by atoms with Crippen LogP contribution >= 0.6 is 0 Å². The van der Waals surface area contributed by atoms with Crippen molar-refractivity contribution in [3.05, 3.63) is 59.7 Å². The summed E-state index contributed by atoms with van der Waals surface area (Å²) < 4.78 is 0. The molecule has 0 bridgehead atoms. The standard InChI is InChI=1S/C21H23NO3/c1-2-21(25)11-12-22(13-18(21)23)20(24)19-16-9-5-3-7-14(16)15-8-4-6-10-17(15)19/h3-10,18-19,23,25H,2,11-13H2,1H3/t18-,21-/m1/s1. The second kappa shape index (κ2) is 5.97. The van der Waals surface area contributed by atoms with Gasteiger partial charge in [0.15, 0.2) is 0 Å². The van der Waals surface area contributed by atoms with Gasteiger partial charge >= 0.3 is 0 Å². The van der Waals surface area contributed by atoms with Crippen molar-refractivity contribution >= 4 is 5.91 Å². The molecule has 1 saturated heterocycles. The Balaban J connectivity index is 1.67. The number of piperidine rings is 1. The quantitative estimate of drug-likeness (QED) is 0.885. The molecule has 0 unspecified atom stereocenters. The van der Waals surface area contributed by atoms with E-state index in [1.807, 2.05) is 43.3 Å². The largest absolute Gasteiger partial charge is 0.388 e. The van der Waals surface area contributed by atoms with Crippen molar-refractivity contribution in [3.8, 4) is 11.1 Å². The summed E-state index contributed by atoms with van der Waals surface area (Å²) in [5.74, 6) is -0.318. The second-order valence-electron chi connectivity index (χ2n) is 7.11. The number of carbonyl (C=O) groups is 1. The highest BCUT2D eigenvalue weighted by atomic mass is 16.3. The Bertz CT molecular complexity index is 773. The summed E-state index contributed by atoms with van der Waals surface area (Å²) in [6.45, 7) is 2.52. The topological polar surface area (TPSA) is 60.8 Å². The van der Waals surface area contributed by atoms with Crippen molar-refractivity contribution in [1.29, 1.82) is 0 Å². The molecule has 1 aliphatic carbocycles. The molecule has 1 amide bonds. The minimum absolute atomic E-state index is 0.00889. The molecule has 0 spiro atoms. The molecule has 1 fully saturated rings. The van der Waals surface area contributed by atoms with E-state index in [0.717, 1.165) is 22.3 Å². The molecule has 2 N–H and O–H groups in total. The summed E-state index contributed by atoms with van der Waals surface area (Å²) in [5.41, 5.74) is 3.19. The first-order chi connectivity index (χ1) is 12.0. The van der Waals surface area contributed by atoms with Crippen molar-refractivity contribution in [2.75, 3.05) is 13.1 Å². The van der Waals surface area contributed by atoms with Crippen LogP contribution in [0.15, 0.2) is 48.5 Å². The molecule has 1 aliphatic heterocycles. The first-order valence-electron chi connectivity index (χ1n) is 8.92. The third-order valence-corrected chi connectivity index (χ3v) is 5.83. The van der Waals surface area contributed by atoms with Crippen LogP contribution in [0.2, 0.25) is 0 Å². The minimum Gasteiger partial charge on any atom is -0.388 e. The zero-order valence-corrected chi connectivity index (χ0v) is 14.4. The lowest BCUT2D eigenvalue weighted by atomic mass is 9.85. The number of carbonyl (C=O) groups excluding carboxylic acids is 1. The highest BCUT2D eigenvalue weighted by Gasteiger charge is 2.43. The smallest absolute Gasteiger partial charge is 0.234 e. The normalized spacial score (nSPS) is 25.6. The fourth-order valence-electron chi connectivity index (χ4n) is 4.18. The summed E-state index contributed by atoms with van der Waals surface area (Å²) in [5, 5.41) is 20.8. The van der Waals surface area contributed by atoms with Gasteiger partial charge in [-0.25, -0.2) is 0 Å². The maximum atomic E-state index is 13.3. The van der Waals surface area contributed by atoms with Gasteiger partial charge in [0.1, 0.15) is 6.10 Å². The Hall–Kier alpha value is -2.17. The first kappa shape index (κ1) is 16.3. The van der Waals surface area contributed by atoms with Crippen molar-refractivity contribution in [1.82, 2.24) is 4.90 Å². The number of nitrogens with zero attached hydrogens (tertiary/aromatic N) is 1. The SMILES string of the molecule is CC[C@@]1(O)CCN(C(=O)C2c3ccccc3-c3ccccc32)C[C@H]1O. The first-order valence-corrected chi connectivity index (χ1v) is 8.92. The highest BCUT2D eigenvalue weighted by molar-refractivity contribution is 5.96. The molecule has 1 heterocycles. The van der Waals surface area contributed by atoms with Crippen LogP contribution in [-0.4, -0.2) is 45.8 Å². The van der Waals surface area contributed by atoms with E-state index in [0.29, 0.717) is 19.4 Å². The maximum Gasteiger partial charge on any atom is 0.234 e. The van der Waals surface area contributed by atoms with Gasteiger partial charge in [-0.3, -0.25) is 4.79 Å². The van der Waals surface area contributed by atoms with E-state index in [-0.39, 0.29) is 18.4 Å². The van der Waals surface area contributed by atoms with Crippen LogP contribution in [0.1, 0.15) is 36.8 Å². The van der Waals surface area contributed by atoms with Gasteiger partial charge in [0.2, 0.25) is 5.91 Å². The van der Waals surface area contributed by atoms with Gasteiger partial charge in [0.25, 0.3) is 0 Å². The molecule has 2 aromatic carbocycles. The number of aliphatic hydroxyl groups excluding tert-OH is 1. The number of benzene rings is 2. The molecule has 0 aromatic heterocycles. The average molecular weight is 337 g/mol. The van der Waals surface area contributed by atoms with Crippen LogP contribution in [-0.2, 0) is 4.79 Å². The van der Waals surface area contributed by atoms with Crippen LogP contribution in [0.25, 0.3) is 11.1 Å². The molecule has 0 radical (unpaired) electrons. The summed E-state index contributed by atoms with van der Waals surface area (Å²) >= 11 is 0.